The second kappa shape index (κ2) is 10.7. The van der Waals surface area contributed by atoms with E-state index in [0.29, 0.717) is 25.4 Å². The number of carbonyl (C=O) groups excluding carboxylic acids is 1. The Balaban J connectivity index is 0. The monoisotopic (exact) mass is 218 g/mol. The summed E-state index contributed by atoms with van der Waals surface area (Å²) < 4.78 is 9.70. The largest absolute Gasteiger partial charge is 0.481 e. The maximum absolute atomic E-state index is 10.7. The minimum Gasteiger partial charge on any atom is -0.481 e. The average Bonchev–Trinajstić information content (AvgIpc) is 2.11. The minimum atomic E-state index is -0.833. The molecule has 0 atom stereocenters. The van der Waals surface area contributed by atoms with Crippen molar-refractivity contribution >= 4 is 11.9 Å². The number of carboxylic acid groups (broad SMARTS) is 1. The van der Waals surface area contributed by atoms with Crippen molar-refractivity contribution in [1.82, 2.24) is 0 Å². The van der Waals surface area contributed by atoms with Gasteiger partial charge in [-0.05, 0) is 13.8 Å². The predicted octanol–water partition coefficient (Wildman–Crippen LogP) is 1.23. The first-order valence-electron chi connectivity index (χ1n) is 4.51. The summed E-state index contributed by atoms with van der Waals surface area (Å²) in [5.41, 5.74) is 0.418. The average molecular weight is 218 g/mol. The lowest BCUT2D eigenvalue weighted by atomic mass is 10.4. The topological polar surface area (TPSA) is 72.8 Å². The first-order valence-corrected chi connectivity index (χ1v) is 4.51. The van der Waals surface area contributed by atoms with Gasteiger partial charge in [-0.1, -0.05) is 6.58 Å². The van der Waals surface area contributed by atoms with Crippen LogP contribution in [0.4, 0.5) is 0 Å². The van der Waals surface area contributed by atoms with Crippen LogP contribution in [0.2, 0.25) is 0 Å². The van der Waals surface area contributed by atoms with Gasteiger partial charge < -0.3 is 14.6 Å². The molecular weight excluding hydrogens is 200 g/mol. The van der Waals surface area contributed by atoms with E-state index in [4.69, 9.17) is 19.4 Å². The minimum absolute atomic E-state index is 0.305. The van der Waals surface area contributed by atoms with E-state index in [2.05, 4.69) is 6.58 Å². The van der Waals surface area contributed by atoms with Crippen molar-refractivity contribution in [2.75, 3.05) is 19.8 Å². The predicted molar refractivity (Wildman–Crippen MR) is 55.6 cm³/mol. The van der Waals surface area contributed by atoms with Gasteiger partial charge in [-0.15, -0.1) is 0 Å². The summed E-state index contributed by atoms with van der Waals surface area (Å²) in [6.45, 7) is 9.43. The summed E-state index contributed by atoms with van der Waals surface area (Å²) >= 11 is 0. The van der Waals surface area contributed by atoms with Crippen LogP contribution in [0.25, 0.3) is 0 Å². The fourth-order valence-electron chi connectivity index (χ4n) is 0.461. The zero-order valence-electron chi connectivity index (χ0n) is 9.41. The summed E-state index contributed by atoms with van der Waals surface area (Å²) in [5.74, 6) is -1.19. The number of hydrogen-bond acceptors (Lipinski definition) is 4. The van der Waals surface area contributed by atoms with Gasteiger partial charge >= 0.3 is 5.97 Å². The quantitative estimate of drug-likeness (QED) is 0.427. The molecule has 0 aromatic rings. The normalized spacial score (nSPS) is 8.47. The van der Waals surface area contributed by atoms with Gasteiger partial charge in [0.1, 0.15) is 6.61 Å². The van der Waals surface area contributed by atoms with Gasteiger partial charge in [-0.25, -0.2) is 4.79 Å². The van der Waals surface area contributed by atoms with Gasteiger partial charge in [0.05, 0.1) is 6.61 Å². The highest BCUT2D eigenvalue weighted by Gasteiger charge is 2.00. The molecule has 0 saturated heterocycles. The first kappa shape index (κ1) is 16.1. The van der Waals surface area contributed by atoms with E-state index in [0.717, 1.165) is 6.92 Å². The summed E-state index contributed by atoms with van der Waals surface area (Å²) in [7, 11) is 0. The molecule has 0 rings (SSSR count). The van der Waals surface area contributed by atoms with E-state index in [-0.39, 0.29) is 5.97 Å². The molecule has 0 heterocycles. The Morgan fingerprint density at radius 1 is 1.27 bits per heavy atom. The molecular formula is C10H18O5. The summed E-state index contributed by atoms with van der Waals surface area (Å²) in [6.07, 6.45) is 0. The van der Waals surface area contributed by atoms with E-state index >= 15 is 0 Å². The zero-order chi connectivity index (χ0) is 12.3. The van der Waals surface area contributed by atoms with Crippen molar-refractivity contribution < 1.29 is 24.2 Å². The van der Waals surface area contributed by atoms with Crippen LogP contribution in [0.1, 0.15) is 20.8 Å². The highest BCUT2D eigenvalue weighted by Crippen LogP contribution is 1.91. The number of esters is 1. The molecule has 0 fully saturated rings. The van der Waals surface area contributed by atoms with Crippen molar-refractivity contribution in [1.29, 1.82) is 0 Å². The van der Waals surface area contributed by atoms with Crippen molar-refractivity contribution in [3.8, 4) is 0 Å². The molecule has 0 aliphatic heterocycles. The van der Waals surface area contributed by atoms with E-state index in [9.17, 15) is 4.79 Å². The van der Waals surface area contributed by atoms with Gasteiger partial charge in [-0.2, -0.15) is 0 Å². The smallest absolute Gasteiger partial charge is 0.333 e. The highest BCUT2D eigenvalue weighted by atomic mass is 16.6. The zero-order valence-corrected chi connectivity index (χ0v) is 9.41. The maximum Gasteiger partial charge on any atom is 0.333 e. The molecule has 0 amide bonds. The van der Waals surface area contributed by atoms with Crippen LogP contribution in [0.5, 0.6) is 0 Å². The molecule has 0 aromatic carbocycles. The number of ether oxygens (including phenoxy) is 2. The number of hydrogen-bond donors (Lipinski definition) is 1. The maximum atomic E-state index is 10.7. The molecule has 0 unspecified atom stereocenters. The van der Waals surface area contributed by atoms with E-state index in [1.54, 1.807) is 6.92 Å². The number of rotatable bonds is 5. The molecule has 0 bridgehead atoms. The van der Waals surface area contributed by atoms with Crippen LogP contribution in [0, 0.1) is 0 Å². The molecule has 15 heavy (non-hydrogen) atoms. The first-order chi connectivity index (χ1) is 6.91. The molecule has 1 N–H and O–H groups in total. The molecule has 0 radical (unpaired) electrons. The lowest BCUT2D eigenvalue weighted by molar-refractivity contribution is -0.140. The summed E-state index contributed by atoms with van der Waals surface area (Å²) in [4.78, 5) is 19.7. The summed E-state index contributed by atoms with van der Waals surface area (Å²) in [5, 5.41) is 7.42. The summed E-state index contributed by atoms with van der Waals surface area (Å²) in [6, 6.07) is 0. The Morgan fingerprint density at radius 3 is 2.07 bits per heavy atom. The SMILES string of the molecule is C=C(C)C(=O)OCCOCC.CC(=O)O. The van der Waals surface area contributed by atoms with Crippen LogP contribution in [-0.4, -0.2) is 36.9 Å². The Morgan fingerprint density at radius 2 is 1.73 bits per heavy atom. The van der Waals surface area contributed by atoms with Crippen LogP contribution >= 0.6 is 0 Å². The van der Waals surface area contributed by atoms with Gasteiger partial charge in [0.15, 0.2) is 0 Å². The molecule has 0 spiro atoms. The second-order valence-corrected chi connectivity index (χ2v) is 2.63. The van der Waals surface area contributed by atoms with E-state index in [1.807, 2.05) is 6.92 Å². The van der Waals surface area contributed by atoms with Crippen molar-refractivity contribution in [3.05, 3.63) is 12.2 Å². The Labute approximate surface area is 89.7 Å². The Hall–Kier alpha value is -1.36. The molecule has 0 aromatic heterocycles. The Kier molecular flexibility index (Phi) is 11.5. The van der Waals surface area contributed by atoms with Gasteiger partial charge in [0, 0.05) is 19.1 Å². The molecule has 0 saturated carbocycles. The highest BCUT2D eigenvalue weighted by molar-refractivity contribution is 5.86. The van der Waals surface area contributed by atoms with Crippen molar-refractivity contribution in [2.45, 2.75) is 20.8 Å². The number of carbonyl (C=O) groups is 2. The lowest BCUT2D eigenvalue weighted by Gasteiger charge is -2.03. The third-order valence-corrected chi connectivity index (χ3v) is 1.01. The lowest BCUT2D eigenvalue weighted by Crippen LogP contribution is -2.10. The van der Waals surface area contributed by atoms with E-state index < -0.39 is 5.97 Å². The van der Waals surface area contributed by atoms with Gasteiger partial charge in [0.2, 0.25) is 0 Å². The van der Waals surface area contributed by atoms with Crippen LogP contribution in [-0.2, 0) is 19.1 Å². The van der Waals surface area contributed by atoms with Crippen LogP contribution in [0.3, 0.4) is 0 Å². The van der Waals surface area contributed by atoms with Crippen LogP contribution < -0.4 is 0 Å². The number of carboxylic acids is 1. The van der Waals surface area contributed by atoms with Crippen molar-refractivity contribution in [2.24, 2.45) is 0 Å². The van der Waals surface area contributed by atoms with Gasteiger partial charge in [-0.3, -0.25) is 4.79 Å². The molecule has 0 aliphatic carbocycles. The van der Waals surface area contributed by atoms with Gasteiger partial charge in [0.25, 0.3) is 5.97 Å². The second-order valence-electron chi connectivity index (χ2n) is 2.63. The van der Waals surface area contributed by atoms with Crippen molar-refractivity contribution in [3.63, 3.8) is 0 Å². The fraction of sp³-hybridized carbons (Fsp3) is 0.600. The third kappa shape index (κ3) is 19.2. The third-order valence-electron chi connectivity index (χ3n) is 1.01. The number of aliphatic carboxylic acids is 1. The molecule has 0 aliphatic rings. The molecule has 5 nitrogen and oxygen atoms in total. The fourth-order valence-corrected chi connectivity index (χ4v) is 0.461. The van der Waals surface area contributed by atoms with Crippen LogP contribution in [0.15, 0.2) is 12.2 Å². The molecule has 5 heteroatoms. The molecule has 88 valence electrons. The van der Waals surface area contributed by atoms with E-state index in [1.165, 1.54) is 0 Å². The standard InChI is InChI=1S/C8H14O3.C2H4O2/c1-4-10-5-6-11-8(9)7(2)3;1-2(3)4/h2,4-6H2,1,3H3;1H3,(H,3,4). The Bertz CT molecular complexity index is 206.